The van der Waals surface area contributed by atoms with E-state index in [1.165, 1.54) is 0 Å². The zero-order valence-corrected chi connectivity index (χ0v) is 24.7. The summed E-state index contributed by atoms with van der Waals surface area (Å²) in [6, 6.07) is 14.2. The smallest absolute Gasteiger partial charge is 0.319 e. The lowest BCUT2D eigenvalue weighted by atomic mass is 9.90. The fourth-order valence-electron chi connectivity index (χ4n) is 8.63. The topological polar surface area (TPSA) is 73.8 Å². The molecule has 5 heterocycles. The number of piperazine rings is 1. The summed E-state index contributed by atoms with van der Waals surface area (Å²) >= 11 is 0. The molecule has 5 fully saturated rings. The van der Waals surface area contributed by atoms with Gasteiger partial charge in [-0.05, 0) is 91.1 Å². The summed E-state index contributed by atoms with van der Waals surface area (Å²) in [5, 5.41) is 16.8. The third-order valence-corrected chi connectivity index (χ3v) is 10.8. The molecule has 2 N–H and O–H groups in total. The first-order chi connectivity index (χ1) is 21.4. The normalized spacial score (nSPS) is 28.3. The van der Waals surface area contributed by atoms with Gasteiger partial charge in [0, 0.05) is 49.1 Å². The van der Waals surface area contributed by atoms with Gasteiger partial charge in [-0.2, -0.15) is 9.97 Å². The standard InChI is InChI=1S/C35H37F2N5O2/c36-22-15-35(10-3-11-42(35)16-22)19-44-34-39-32-29(33(40-34)41-17-23-8-9-24(18-41)38-23)14-27(20-6-7-20)30(31(32)37)28-13-25(43)12-21-4-1-2-5-26(21)28/h1-2,4-5,12-14,20,22-24,38,43H,3,6-11,15-19H2/t22-,23-,24+,35+/m1/s1. The molecule has 2 bridgehead atoms. The monoisotopic (exact) mass is 597 g/mol. The lowest BCUT2D eigenvalue weighted by molar-refractivity contribution is 0.107. The summed E-state index contributed by atoms with van der Waals surface area (Å²) in [4.78, 5) is 14.2. The molecule has 1 aliphatic carbocycles. The third-order valence-electron chi connectivity index (χ3n) is 10.8. The number of nitrogens with zero attached hydrogens (tertiary/aromatic N) is 4. The van der Waals surface area contributed by atoms with Gasteiger partial charge in [-0.3, -0.25) is 4.90 Å². The lowest BCUT2D eigenvalue weighted by Gasteiger charge is -2.35. The van der Waals surface area contributed by atoms with Crippen LogP contribution in [0.5, 0.6) is 11.8 Å². The van der Waals surface area contributed by atoms with Crippen LogP contribution in [0.3, 0.4) is 0 Å². The van der Waals surface area contributed by atoms with Gasteiger partial charge in [0.1, 0.15) is 29.9 Å². The Morgan fingerprint density at radius 3 is 2.64 bits per heavy atom. The molecule has 0 unspecified atom stereocenters. The summed E-state index contributed by atoms with van der Waals surface area (Å²) in [7, 11) is 0. The average molecular weight is 598 g/mol. The molecule has 4 aliphatic heterocycles. The van der Waals surface area contributed by atoms with Gasteiger partial charge in [-0.15, -0.1) is 0 Å². The highest BCUT2D eigenvalue weighted by atomic mass is 19.1. The van der Waals surface area contributed by atoms with Crippen molar-refractivity contribution in [1.29, 1.82) is 0 Å². The second kappa shape index (κ2) is 9.97. The van der Waals surface area contributed by atoms with Crippen LogP contribution in [0.4, 0.5) is 14.6 Å². The first-order valence-electron chi connectivity index (χ1n) is 16.2. The molecular formula is C35H37F2N5O2. The number of nitrogens with one attached hydrogen (secondary N) is 1. The fourth-order valence-corrected chi connectivity index (χ4v) is 8.63. The number of phenolic OH excluding ortho intramolecular Hbond substituents is 1. The Morgan fingerprint density at radius 1 is 1.00 bits per heavy atom. The lowest BCUT2D eigenvalue weighted by Crippen LogP contribution is -2.51. The number of benzene rings is 3. The van der Waals surface area contributed by atoms with E-state index >= 15 is 4.39 Å². The van der Waals surface area contributed by atoms with E-state index in [2.05, 4.69) is 21.2 Å². The van der Waals surface area contributed by atoms with Crippen LogP contribution in [0.25, 0.3) is 32.8 Å². The van der Waals surface area contributed by atoms with Crippen LogP contribution < -0.4 is 15.0 Å². The zero-order chi connectivity index (χ0) is 29.6. The Hall–Kier alpha value is -3.56. The number of rotatable bonds is 6. The minimum atomic E-state index is -0.860. The van der Waals surface area contributed by atoms with E-state index in [9.17, 15) is 9.50 Å². The van der Waals surface area contributed by atoms with Crippen molar-refractivity contribution in [3.05, 3.63) is 53.8 Å². The highest BCUT2D eigenvalue weighted by molar-refractivity contribution is 6.02. The number of aromatic hydroxyl groups is 1. The number of anilines is 1. The molecule has 1 aromatic heterocycles. The largest absolute Gasteiger partial charge is 0.508 e. The van der Waals surface area contributed by atoms with Gasteiger partial charge in [-0.1, -0.05) is 24.3 Å². The predicted octanol–water partition coefficient (Wildman–Crippen LogP) is 6.07. The van der Waals surface area contributed by atoms with Crippen molar-refractivity contribution < 1.29 is 18.6 Å². The number of phenols is 1. The summed E-state index contributed by atoms with van der Waals surface area (Å²) < 4.78 is 38.1. The zero-order valence-electron chi connectivity index (χ0n) is 24.7. The van der Waals surface area contributed by atoms with Crippen LogP contribution in [0.1, 0.15) is 56.4 Å². The van der Waals surface area contributed by atoms with Gasteiger partial charge in [-0.25, -0.2) is 8.78 Å². The molecule has 44 heavy (non-hydrogen) atoms. The first kappa shape index (κ1) is 26.8. The van der Waals surface area contributed by atoms with E-state index < -0.39 is 12.0 Å². The summed E-state index contributed by atoms with van der Waals surface area (Å²) in [6.45, 7) is 3.19. The van der Waals surface area contributed by atoms with E-state index in [1.807, 2.05) is 24.3 Å². The summed E-state index contributed by atoms with van der Waals surface area (Å²) in [5.41, 5.74) is 2.00. The molecule has 7 nitrogen and oxygen atoms in total. The molecule has 9 heteroatoms. The van der Waals surface area contributed by atoms with E-state index in [4.69, 9.17) is 14.7 Å². The Labute approximate surface area is 255 Å². The number of aromatic nitrogens is 2. The van der Waals surface area contributed by atoms with Crippen molar-refractivity contribution in [3.63, 3.8) is 0 Å². The highest BCUT2D eigenvalue weighted by Gasteiger charge is 2.49. The molecule has 0 spiro atoms. The number of hydrogen-bond acceptors (Lipinski definition) is 7. The maximum Gasteiger partial charge on any atom is 0.319 e. The van der Waals surface area contributed by atoms with Gasteiger partial charge < -0.3 is 20.1 Å². The second-order valence-electron chi connectivity index (χ2n) is 13.8. The molecule has 5 aliphatic rings. The quantitative estimate of drug-likeness (QED) is 0.280. The molecule has 1 saturated carbocycles. The molecule has 0 amide bonds. The number of alkyl halides is 1. The predicted molar refractivity (Wildman–Crippen MR) is 167 cm³/mol. The minimum absolute atomic E-state index is 0.103. The summed E-state index contributed by atoms with van der Waals surface area (Å²) in [6.07, 6.45) is 5.71. The van der Waals surface area contributed by atoms with Gasteiger partial charge in [0.05, 0.1) is 5.54 Å². The van der Waals surface area contributed by atoms with Gasteiger partial charge in [0.25, 0.3) is 0 Å². The molecule has 4 atom stereocenters. The van der Waals surface area contributed by atoms with Crippen molar-refractivity contribution in [3.8, 4) is 22.9 Å². The van der Waals surface area contributed by atoms with Gasteiger partial charge in [0.15, 0.2) is 5.82 Å². The maximum atomic E-state index is 17.2. The van der Waals surface area contributed by atoms with E-state index in [0.29, 0.717) is 47.4 Å². The number of fused-ring (bicyclic) bond motifs is 5. The first-order valence-corrected chi connectivity index (χ1v) is 16.2. The Balaban J connectivity index is 1.22. The fraction of sp³-hybridized carbons (Fsp3) is 0.486. The van der Waals surface area contributed by atoms with Crippen molar-refractivity contribution >= 4 is 27.5 Å². The molecule has 3 aromatic carbocycles. The minimum Gasteiger partial charge on any atom is -0.508 e. The van der Waals surface area contributed by atoms with Crippen LogP contribution in [-0.2, 0) is 0 Å². The van der Waals surface area contributed by atoms with E-state index in [0.717, 1.165) is 74.5 Å². The van der Waals surface area contributed by atoms with Crippen molar-refractivity contribution in [2.45, 2.75) is 74.7 Å². The van der Waals surface area contributed by atoms with Crippen LogP contribution in [0.2, 0.25) is 0 Å². The molecule has 4 aromatic rings. The Morgan fingerprint density at radius 2 is 1.82 bits per heavy atom. The second-order valence-corrected chi connectivity index (χ2v) is 13.8. The summed E-state index contributed by atoms with van der Waals surface area (Å²) in [5.74, 6) is 0.660. The maximum absolute atomic E-state index is 17.2. The van der Waals surface area contributed by atoms with Crippen LogP contribution in [-0.4, -0.2) is 76.6 Å². The van der Waals surface area contributed by atoms with E-state index in [1.54, 1.807) is 12.1 Å². The number of halogens is 2. The molecule has 4 saturated heterocycles. The number of hydrogen-bond donors (Lipinski definition) is 2. The molecule has 228 valence electrons. The Bertz CT molecular complexity index is 1780. The average Bonchev–Trinajstić information content (AvgIpc) is 3.62. The third kappa shape index (κ3) is 4.34. The number of ether oxygens (including phenoxy) is 1. The van der Waals surface area contributed by atoms with E-state index in [-0.39, 0.29) is 35.3 Å². The van der Waals surface area contributed by atoms with Crippen LogP contribution in [0.15, 0.2) is 42.5 Å². The molecular weight excluding hydrogens is 560 g/mol. The van der Waals surface area contributed by atoms with Crippen molar-refractivity contribution in [2.24, 2.45) is 0 Å². The van der Waals surface area contributed by atoms with Crippen molar-refractivity contribution in [2.75, 3.05) is 37.7 Å². The molecule has 0 radical (unpaired) electrons. The SMILES string of the molecule is Oc1cc(-c2c(C3CC3)cc3c(N4C[C@H]5CC[C@@H](C4)N5)nc(OC[C@@]45CCCN4C[C@H](F)C5)nc3c2F)c2ccccc2c1. The van der Waals surface area contributed by atoms with Gasteiger partial charge >= 0.3 is 6.01 Å². The molecule has 9 rings (SSSR count). The van der Waals surface area contributed by atoms with Gasteiger partial charge in [0.2, 0.25) is 0 Å². The van der Waals surface area contributed by atoms with Crippen LogP contribution in [0, 0.1) is 5.82 Å². The highest BCUT2D eigenvalue weighted by Crippen LogP contribution is 2.50. The Kier molecular flexibility index (Phi) is 6.08. The van der Waals surface area contributed by atoms with Crippen LogP contribution >= 0.6 is 0 Å². The van der Waals surface area contributed by atoms with Crippen molar-refractivity contribution in [1.82, 2.24) is 20.2 Å².